The zero-order chi connectivity index (χ0) is 43.5. The first kappa shape index (κ1) is 56.4. The monoisotopic (exact) mass is 854 g/mol. The van der Waals surface area contributed by atoms with Gasteiger partial charge in [-0.15, -0.1) is 0 Å². The normalized spacial score (nSPS) is 14.1. The predicted molar refractivity (Wildman–Crippen MR) is 240 cm³/mol. The number of carbonyl (C=O) groups is 3. The van der Waals surface area contributed by atoms with Crippen molar-refractivity contribution in [3.05, 3.63) is 48.6 Å². The Balaban J connectivity index is 4.36. The van der Waals surface area contributed by atoms with Crippen molar-refractivity contribution in [2.24, 2.45) is 5.73 Å². The first-order chi connectivity index (χ1) is 28.6. The van der Waals surface area contributed by atoms with E-state index in [2.05, 4.69) is 67.0 Å². The van der Waals surface area contributed by atoms with Crippen molar-refractivity contribution < 1.29 is 47.5 Å². The minimum atomic E-state index is -4.73. The molecule has 4 N–H and O–H groups in total. The summed E-state index contributed by atoms with van der Waals surface area (Å²) in [5, 5.41) is 8.90. The molecule has 0 fully saturated rings. The molecule has 0 radical (unpaired) electrons. The summed E-state index contributed by atoms with van der Waals surface area (Å²) in [6.07, 6.45) is 47.4. The summed E-state index contributed by atoms with van der Waals surface area (Å²) in [5.41, 5.74) is 5.34. The molecule has 0 saturated heterocycles. The SMILES string of the molecule is CCC/C=C/C/C=C/C/C=C/C/C=C/CCCCCC(=O)O[C@H](COC(=O)CCCCCCCCCCCCCCCCCCCC)COP(=O)(O)OC[C@H](N)C(=O)O. The average molecular weight is 854 g/mol. The molecule has 0 aromatic rings. The number of phosphoric acid groups is 1. The van der Waals surface area contributed by atoms with Gasteiger partial charge in [-0.2, -0.15) is 0 Å². The third-order valence-corrected chi connectivity index (χ3v) is 10.8. The van der Waals surface area contributed by atoms with Crippen LogP contribution in [-0.2, 0) is 37.5 Å². The number of esters is 2. The Morgan fingerprint density at radius 1 is 0.525 bits per heavy atom. The molecule has 0 aliphatic heterocycles. The Hall–Kier alpha value is -2.56. The first-order valence-corrected chi connectivity index (χ1v) is 24.7. The van der Waals surface area contributed by atoms with Crippen molar-refractivity contribution in [1.82, 2.24) is 0 Å². The van der Waals surface area contributed by atoms with Crippen LogP contribution in [0.2, 0.25) is 0 Å². The van der Waals surface area contributed by atoms with Gasteiger partial charge in [-0.25, -0.2) is 4.57 Å². The van der Waals surface area contributed by atoms with Crippen molar-refractivity contribution in [3.8, 4) is 0 Å². The van der Waals surface area contributed by atoms with E-state index < -0.39 is 51.1 Å². The highest BCUT2D eigenvalue weighted by molar-refractivity contribution is 7.47. The number of carboxylic acid groups (broad SMARTS) is 1. The van der Waals surface area contributed by atoms with Gasteiger partial charge in [0.1, 0.15) is 12.6 Å². The average Bonchev–Trinajstić information content (AvgIpc) is 3.21. The summed E-state index contributed by atoms with van der Waals surface area (Å²) in [6.45, 7) is 2.72. The molecule has 0 aromatic heterocycles. The van der Waals surface area contributed by atoms with Crippen LogP contribution >= 0.6 is 7.82 Å². The van der Waals surface area contributed by atoms with Crippen LogP contribution in [-0.4, -0.2) is 59.9 Å². The number of carboxylic acids is 1. The van der Waals surface area contributed by atoms with Crippen molar-refractivity contribution >= 4 is 25.7 Å². The van der Waals surface area contributed by atoms with Gasteiger partial charge >= 0.3 is 25.7 Å². The lowest BCUT2D eigenvalue weighted by molar-refractivity contribution is -0.161. The molecule has 0 aliphatic rings. The number of phosphoric ester groups is 1. The van der Waals surface area contributed by atoms with Gasteiger partial charge in [0.2, 0.25) is 0 Å². The van der Waals surface area contributed by atoms with Crippen molar-refractivity contribution in [1.29, 1.82) is 0 Å². The van der Waals surface area contributed by atoms with Crippen LogP contribution < -0.4 is 5.73 Å². The van der Waals surface area contributed by atoms with Crippen LogP contribution in [0.25, 0.3) is 0 Å². The molecule has 0 amide bonds. The molecule has 0 heterocycles. The second-order valence-corrected chi connectivity index (χ2v) is 17.0. The summed E-state index contributed by atoms with van der Waals surface area (Å²) in [5.74, 6) is -2.41. The number of unbranched alkanes of at least 4 members (excludes halogenated alkanes) is 21. The van der Waals surface area contributed by atoms with Gasteiger partial charge in [0.15, 0.2) is 6.10 Å². The second-order valence-electron chi connectivity index (χ2n) is 15.5. The lowest BCUT2D eigenvalue weighted by Gasteiger charge is -2.20. The highest BCUT2D eigenvalue weighted by atomic mass is 31.2. The van der Waals surface area contributed by atoms with Crippen LogP contribution in [0.1, 0.15) is 200 Å². The van der Waals surface area contributed by atoms with Crippen LogP contribution in [0.4, 0.5) is 0 Å². The van der Waals surface area contributed by atoms with Crippen molar-refractivity contribution in [2.45, 2.75) is 212 Å². The fourth-order valence-electron chi connectivity index (χ4n) is 6.17. The van der Waals surface area contributed by atoms with E-state index >= 15 is 0 Å². The number of hydrogen-bond donors (Lipinski definition) is 3. The van der Waals surface area contributed by atoms with Gasteiger partial charge in [-0.3, -0.25) is 23.4 Å². The fourth-order valence-corrected chi connectivity index (χ4v) is 6.95. The Labute approximate surface area is 358 Å². The first-order valence-electron chi connectivity index (χ1n) is 23.2. The molecule has 11 nitrogen and oxygen atoms in total. The second kappa shape index (κ2) is 42.1. The minimum absolute atomic E-state index is 0.124. The van der Waals surface area contributed by atoms with Gasteiger partial charge in [0, 0.05) is 12.8 Å². The third-order valence-electron chi connectivity index (χ3n) is 9.81. The number of carbonyl (C=O) groups excluding carboxylic acids is 2. The molecule has 342 valence electrons. The molecule has 0 aromatic carbocycles. The maximum atomic E-state index is 12.6. The molecule has 0 rings (SSSR count). The lowest BCUT2D eigenvalue weighted by Crippen LogP contribution is -2.34. The summed E-state index contributed by atoms with van der Waals surface area (Å²) < 4.78 is 32.7. The van der Waals surface area contributed by atoms with E-state index in [0.717, 1.165) is 64.2 Å². The quantitative estimate of drug-likeness (QED) is 0.0231. The molecule has 0 saturated carbocycles. The van der Waals surface area contributed by atoms with E-state index in [0.29, 0.717) is 12.8 Å². The van der Waals surface area contributed by atoms with Crippen molar-refractivity contribution in [3.63, 3.8) is 0 Å². The zero-order valence-electron chi connectivity index (χ0n) is 37.1. The molecule has 0 aliphatic carbocycles. The highest BCUT2D eigenvalue weighted by Gasteiger charge is 2.28. The molecule has 0 spiro atoms. The number of nitrogens with two attached hydrogens (primary N) is 1. The van der Waals surface area contributed by atoms with Gasteiger partial charge < -0.3 is 25.2 Å². The van der Waals surface area contributed by atoms with Crippen LogP contribution in [0.15, 0.2) is 48.6 Å². The fraction of sp³-hybridized carbons (Fsp3) is 0.766. The highest BCUT2D eigenvalue weighted by Crippen LogP contribution is 2.43. The summed E-state index contributed by atoms with van der Waals surface area (Å²) in [6, 6.07) is -1.53. The van der Waals surface area contributed by atoms with Gasteiger partial charge in [-0.05, 0) is 51.4 Å². The largest absolute Gasteiger partial charge is 0.480 e. The molecule has 1 unspecified atom stereocenters. The van der Waals surface area contributed by atoms with E-state index in [1.165, 1.54) is 96.3 Å². The van der Waals surface area contributed by atoms with Crippen LogP contribution in [0, 0.1) is 0 Å². The molecule has 59 heavy (non-hydrogen) atoms. The predicted octanol–water partition coefficient (Wildman–Crippen LogP) is 12.6. The zero-order valence-corrected chi connectivity index (χ0v) is 38.0. The standard InChI is InChI=1S/C47H84NO10P/c1-3-5-7-9-11-13-15-17-19-21-23-24-26-28-30-32-34-36-38-45(49)55-40-43(41-56-59(53,54)57-42-44(48)47(51)52)58-46(50)39-37-35-33-31-29-27-25-22-20-18-16-14-12-10-8-6-4-2/h8,10,14,16,20,22,27,29,43-44H,3-7,9,11-13,15,17-19,21,23-26,28,30-42,48H2,1-2H3,(H,51,52)(H,53,54)/b10-8+,16-14+,22-20+,29-27+/t43-,44+/m1/s1. The maximum Gasteiger partial charge on any atom is 0.472 e. The van der Waals surface area contributed by atoms with Gasteiger partial charge in [0.05, 0.1) is 13.2 Å². The third kappa shape index (κ3) is 41.9. The van der Waals surface area contributed by atoms with E-state index in [1.807, 2.05) is 0 Å². The topological polar surface area (TPSA) is 172 Å². The number of ether oxygens (including phenoxy) is 2. The van der Waals surface area contributed by atoms with Gasteiger partial charge in [0.25, 0.3) is 0 Å². The maximum absolute atomic E-state index is 12.6. The van der Waals surface area contributed by atoms with E-state index in [1.54, 1.807) is 0 Å². The van der Waals surface area contributed by atoms with Crippen LogP contribution in [0.5, 0.6) is 0 Å². The Kier molecular flexibility index (Phi) is 40.3. The molecular weight excluding hydrogens is 769 g/mol. The molecule has 12 heteroatoms. The summed E-state index contributed by atoms with van der Waals surface area (Å²) in [4.78, 5) is 46.0. The molecule has 0 bridgehead atoms. The lowest BCUT2D eigenvalue weighted by atomic mass is 10.0. The Morgan fingerprint density at radius 3 is 1.41 bits per heavy atom. The Morgan fingerprint density at radius 2 is 0.932 bits per heavy atom. The summed E-state index contributed by atoms with van der Waals surface area (Å²) in [7, 11) is -4.73. The van der Waals surface area contributed by atoms with Gasteiger partial charge in [-0.1, -0.05) is 184 Å². The van der Waals surface area contributed by atoms with E-state index in [4.69, 9.17) is 24.8 Å². The number of allylic oxidation sites excluding steroid dienone is 8. The number of hydrogen-bond acceptors (Lipinski definition) is 9. The number of rotatable bonds is 43. The smallest absolute Gasteiger partial charge is 0.472 e. The van der Waals surface area contributed by atoms with E-state index in [9.17, 15) is 23.8 Å². The van der Waals surface area contributed by atoms with Crippen LogP contribution in [0.3, 0.4) is 0 Å². The summed E-state index contributed by atoms with van der Waals surface area (Å²) >= 11 is 0. The van der Waals surface area contributed by atoms with Crippen molar-refractivity contribution in [2.75, 3.05) is 19.8 Å². The van der Waals surface area contributed by atoms with E-state index in [-0.39, 0.29) is 19.4 Å². The minimum Gasteiger partial charge on any atom is -0.480 e. The molecular formula is C47H84NO10P. The Bertz CT molecular complexity index is 1190. The number of aliphatic carboxylic acids is 1. The molecule has 3 atom stereocenters.